The molecule has 0 radical (unpaired) electrons. The van der Waals surface area contributed by atoms with Gasteiger partial charge in [0.1, 0.15) is 24.2 Å². The zero-order valence-electron chi connectivity index (χ0n) is 32.5. The summed E-state index contributed by atoms with van der Waals surface area (Å²) >= 11 is 0. The number of likely N-dealkylation sites (N-methyl/N-ethyl adjacent to an activating group) is 3. The third-order valence-electron chi connectivity index (χ3n) is 9.42. The van der Waals surface area contributed by atoms with Crippen LogP contribution >= 0.6 is 0 Å². The fourth-order valence-corrected chi connectivity index (χ4v) is 6.59. The van der Waals surface area contributed by atoms with Crippen LogP contribution in [-0.2, 0) is 30.4 Å². The van der Waals surface area contributed by atoms with E-state index in [2.05, 4.69) is 26.3 Å². The quantitative estimate of drug-likeness (QED) is 0.161. The minimum Gasteiger partial charge on any atom is -0.361 e. The summed E-state index contributed by atoms with van der Waals surface area (Å²) in [5.41, 5.74) is 2.12. The van der Waals surface area contributed by atoms with Gasteiger partial charge in [0.05, 0.1) is 6.04 Å². The SMILES string of the molecule is CN[C@H](C(=O)N[C@H](C(=O)N(C)[C@H](C(=O)N(C)[C@H](C(=O)N[C@H](C(=O)NCCc1c[nH]c2ccccc12)C(C)C)C(C)C)C(C)C)C(C)C)C(C)C. The highest BCUT2D eigenvalue weighted by atomic mass is 16.2. The summed E-state index contributed by atoms with van der Waals surface area (Å²) in [5.74, 6) is -2.87. The van der Waals surface area contributed by atoms with E-state index in [1.165, 1.54) is 9.80 Å². The molecule has 12 nitrogen and oxygen atoms in total. The van der Waals surface area contributed by atoms with E-state index in [4.69, 9.17) is 0 Å². The van der Waals surface area contributed by atoms with Crippen LogP contribution in [0, 0.1) is 29.6 Å². The minimum atomic E-state index is -0.907. The standard InChI is InChI=1S/C38H63N7O5/c1-21(2)29(39-11)35(47)43-31(23(5)6)37(49)45(13)33(25(9)10)38(50)44(12)32(24(7)8)36(48)42-30(22(3)4)34(46)40-19-18-26-20-41-28-17-15-14-16-27(26)28/h14-17,20-25,29-33,39,41H,18-19H2,1-13H3,(H,40,46)(H,42,48)(H,43,47)/t29-,30-,31-,32-,33-/m0/s1. The van der Waals surface area contributed by atoms with E-state index < -0.39 is 42.0 Å². The number of para-hydroxylation sites is 1. The maximum Gasteiger partial charge on any atom is 0.246 e. The maximum absolute atomic E-state index is 14.2. The molecule has 5 atom stereocenters. The van der Waals surface area contributed by atoms with Gasteiger partial charge in [-0.15, -0.1) is 0 Å². The number of rotatable bonds is 18. The summed E-state index contributed by atoms with van der Waals surface area (Å²) < 4.78 is 0. The van der Waals surface area contributed by atoms with Crippen LogP contribution in [0.15, 0.2) is 30.5 Å². The molecular weight excluding hydrogens is 634 g/mol. The molecule has 0 aliphatic rings. The van der Waals surface area contributed by atoms with E-state index in [0.717, 1.165) is 16.5 Å². The lowest BCUT2D eigenvalue weighted by molar-refractivity contribution is -0.152. The molecule has 0 spiro atoms. The van der Waals surface area contributed by atoms with Gasteiger partial charge in [-0.3, -0.25) is 24.0 Å². The maximum atomic E-state index is 14.2. The molecule has 280 valence electrons. The van der Waals surface area contributed by atoms with Crippen LogP contribution < -0.4 is 21.3 Å². The van der Waals surface area contributed by atoms with Crippen molar-refractivity contribution in [2.24, 2.45) is 29.6 Å². The summed E-state index contributed by atoms with van der Waals surface area (Å²) in [6, 6.07) is 4.02. The Balaban J connectivity index is 2.21. The van der Waals surface area contributed by atoms with Crippen LogP contribution in [0.25, 0.3) is 10.9 Å². The van der Waals surface area contributed by atoms with Crippen LogP contribution in [0.4, 0.5) is 0 Å². The van der Waals surface area contributed by atoms with E-state index >= 15 is 0 Å². The Morgan fingerprint density at radius 3 is 1.68 bits per heavy atom. The molecule has 0 unspecified atom stereocenters. The van der Waals surface area contributed by atoms with Crippen molar-refractivity contribution in [2.45, 2.75) is 106 Å². The van der Waals surface area contributed by atoms with E-state index in [1.807, 2.05) is 99.7 Å². The van der Waals surface area contributed by atoms with Gasteiger partial charge in [0.2, 0.25) is 29.5 Å². The fourth-order valence-electron chi connectivity index (χ4n) is 6.59. The number of carbonyl (C=O) groups excluding carboxylic acids is 5. The molecule has 0 saturated carbocycles. The molecule has 0 aliphatic heterocycles. The Kier molecular flexibility index (Phi) is 16.0. The van der Waals surface area contributed by atoms with Crippen molar-refractivity contribution >= 4 is 40.4 Å². The highest BCUT2D eigenvalue weighted by Gasteiger charge is 2.41. The molecule has 5 N–H and O–H groups in total. The third kappa shape index (κ3) is 10.5. The lowest BCUT2D eigenvalue weighted by Gasteiger charge is -2.39. The van der Waals surface area contributed by atoms with Crippen molar-refractivity contribution in [3.05, 3.63) is 36.0 Å². The molecule has 50 heavy (non-hydrogen) atoms. The Morgan fingerprint density at radius 1 is 0.640 bits per heavy atom. The average molecular weight is 698 g/mol. The van der Waals surface area contributed by atoms with Crippen LogP contribution in [0.1, 0.15) is 74.8 Å². The highest BCUT2D eigenvalue weighted by Crippen LogP contribution is 2.21. The predicted molar refractivity (Wildman–Crippen MR) is 199 cm³/mol. The molecule has 2 rings (SSSR count). The first-order chi connectivity index (χ1) is 23.3. The molecule has 1 aromatic heterocycles. The number of aromatic amines is 1. The summed E-state index contributed by atoms with van der Waals surface area (Å²) in [6.07, 6.45) is 2.57. The number of nitrogens with zero attached hydrogens (tertiary/aromatic N) is 2. The zero-order chi connectivity index (χ0) is 38.0. The van der Waals surface area contributed by atoms with Crippen molar-refractivity contribution < 1.29 is 24.0 Å². The lowest BCUT2D eigenvalue weighted by Crippen LogP contribution is -2.62. The Bertz CT molecular complexity index is 1450. The third-order valence-corrected chi connectivity index (χ3v) is 9.42. The fraction of sp³-hybridized carbons (Fsp3) is 0.658. The molecule has 5 amide bonds. The molecule has 0 aliphatic carbocycles. The first kappa shape index (κ1) is 42.2. The molecule has 0 saturated heterocycles. The number of benzene rings is 1. The van der Waals surface area contributed by atoms with Gasteiger partial charge in [-0.25, -0.2) is 0 Å². The Morgan fingerprint density at radius 2 is 1.16 bits per heavy atom. The zero-order valence-corrected chi connectivity index (χ0v) is 32.5. The van der Waals surface area contributed by atoms with Gasteiger partial charge in [-0.05, 0) is 54.7 Å². The first-order valence-corrected chi connectivity index (χ1v) is 18.0. The second-order valence-electron chi connectivity index (χ2n) is 15.1. The molecule has 0 fully saturated rings. The van der Waals surface area contributed by atoms with Gasteiger partial charge < -0.3 is 36.1 Å². The smallest absolute Gasteiger partial charge is 0.246 e. The number of amides is 5. The summed E-state index contributed by atoms with van der Waals surface area (Å²) in [7, 11) is 4.83. The van der Waals surface area contributed by atoms with Gasteiger partial charge in [0.25, 0.3) is 0 Å². The van der Waals surface area contributed by atoms with Crippen LogP contribution in [0.2, 0.25) is 0 Å². The number of fused-ring (bicyclic) bond motifs is 1. The van der Waals surface area contributed by atoms with Crippen LogP contribution in [-0.4, -0.2) is 102 Å². The second-order valence-corrected chi connectivity index (χ2v) is 15.1. The van der Waals surface area contributed by atoms with E-state index in [1.54, 1.807) is 21.1 Å². The highest BCUT2D eigenvalue weighted by molar-refractivity contribution is 5.96. The number of aromatic nitrogens is 1. The number of nitrogens with one attached hydrogen (secondary N) is 5. The second kappa shape index (κ2) is 18.9. The topological polar surface area (TPSA) is 156 Å². The van der Waals surface area contributed by atoms with E-state index in [0.29, 0.717) is 13.0 Å². The predicted octanol–water partition coefficient (Wildman–Crippen LogP) is 3.32. The normalized spacial score (nSPS) is 14.8. The molecule has 1 heterocycles. The van der Waals surface area contributed by atoms with Crippen molar-refractivity contribution in [3.63, 3.8) is 0 Å². The van der Waals surface area contributed by atoms with Gasteiger partial charge in [-0.2, -0.15) is 0 Å². The van der Waals surface area contributed by atoms with Gasteiger partial charge >= 0.3 is 0 Å². The number of hydrogen-bond donors (Lipinski definition) is 5. The lowest BCUT2D eigenvalue weighted by atomic mass is 9.94. The Hall–Kier alpha value is -3.93. The minimum absolute atomic E-state index is 0.00469. The summed E-state index contributed by atoms with van der Waals surface area (Å²) in [6.45, 7) is 19.0. The number of H-pyrrole nitrogens is 1. The first-order valence-electron chi connectivity index (χ1n) is 18.0. The average Bonchev–Trinajstić information content (AvgIpc) is 3.44. The number of carbonyl (C=O) groups is 5. The molecular formula is C38H63N7O5. The summed E-state index contributed by atoms with van der Waals surface area (Å²) in [4.78, 5) is 74.5. The van der Waals surface area contributed by atoms with Crippen molar-refractivity contribution in [1.29, 1.82) is 0 Å². The van der Waals surface area contributed by atoms with Gasteiger partial charge in [0.15, 0.2) is 0 Å². The molecule has 0 bridgehead atoms. The molecule has 1 aromatic carbocycles. The monoisotopic (exact) mass is 697 g/mol. The molecule has 2 aromatic rings. The van der Waals surface area contributed by atoms with Crippen LogP contribution in [0.3, 0.4) is 0 Å². The van der Waals surface area contributed by atoms with Gasteiger partial charge in [0, 0.05) is 37.7 Å². The van der Waals surface area contributed by atoms with E-state index in [9.17, 15) is 24.0 Å². The summed E-state index contributed by atoms with van der Waals surface area (Å²) in [5, 5.41) is 12.9. The van der Waals surface area contributed by atoms with Gasteiger partial charge in [-0.1, -0.05) is 87.4 Å². The van der Waals surface area contributed by atoms with Crippen molar-refractivity contribution in [2.75, 3.05) is 27.7 Å². The number of hydrogen-bond acceptors (Lipinski definition) is 6. The van der Waals surface area contributed by atoms with E-state index in [-0.39, 0.29) is 47.3 Å². The van der Waals surface area contributed by atoms with Crippen molar-refractivity contribution in [1.82, 2.24) is 36.1 Å². The Labute approximate surface area is 299 Å². The van der Waals surface area contributed by atoms with Crippen molar-refractivity contribution in [3.8, 4) is 0 Å². The largest absolute Gasteiger partial charge is 0.361 e. The molecule has 12 heteroatoms. The van der Waals surface area contributed by atoms with Crippen LogP contribution in [0.5, 0.6) is 0 Å².